The van der Waals surface area contributed by atoms with E-state index in [0.29, 0.717) is 11.4 Å². The lowest BCUT2D eigenvalue weighted by Crippen LogP contribution is -2.30. The molecule has 0 heterocycles. The molecule has 3 aromatic carbocycles. The Labute approximate surface area is 181 Å². The summed E-state index contributed by atoms with van der Waals surface area (Å²) < 4.78 is 0. The average molecular weight is 410 g/mol. The summed E-state index contributed by atoms with van der Waals surface area (Å²) in [6.45, 7) is 1.44. The highest BCUT2D eigenvalue weighted by atomic mass is 16.2. The van der Waals surface area contributed by atoms with Crippen molar-refractivity contribution >= 4 is 23.2 Å². The Hall–Kier alpha value is -4.37. The molecule has 0 radical (unpaired) electrons. The summed E-state index contributed by atoms with van der Waals surface area (Å²) in [7, 11) is 0. The minimum atomic E-state index is -0.484. The third-order valence-electron chi connectivity index (χ3n) is 4.49. The third kappa shape index (κ3) is 6.05. The number of anilines is 2. The molecule has 0 aromatic heterocycles. The fourth-order valence-corrected chi connectivity index (χ4v) is 3.02. The van der Waals surface area contributed by atoms with Crippen LogP contribution in [0.4, 0.5) is 11.4 Å². The van der Waals surface area contributed by atoms with Crippen LogP contribution in [0.1, 0.15) is 24.1 Å². The molecule has 0 spiro atoms. The monoisotopic (exact) mass is 410 g/mol. The first-order valence-electron chi connectivity index (χ1n) is 9.72. The largest absolute Gasteiger partial charge is 0.360 e. The van der Waals surface area contributed by atoms with Crippen LogP contribution >= 0.6 is 0 Å². The molecule has 6 nitrogen and oxygen atoms in total. The van der Waals surface area contributed by atoms with E-state index < -0.39 is 5.91 Å². The van der Waals surface area contributed by atoms with Gasteiger partial charge in [-0.05, 0) is 35.4 Å². The topological polar surface area (TPSA) is 94.0 Å². The first-order chi connectivity index (χ1) is 15.1. The van der Waals surface area contributed by atoms with Gasteiger partial charge in [-0.25, -0.2) is 0 Å². The molecule has 0 aliphatic carbocycles. The summed E-state index contributed by atoms with van der Waals surface area (Å²) in [6, 6.07) is 27.7. The van der Waals surface area contributed by atoms with Crippen LogP contribution in [0.2, 0.25) is 0 Å². The van der Waals surface area contributed by atoms with Crippen molar-refractivity contribution in [3.05, 3.63) is 108 Å². The van der Waals surface area contributed by atoms with E-state index in [1.54, 1.807) is 24.3 Å². The molecule has 0 bridgehead atoms. The first-order valence-corrected chi connectivity index (χ1v) is 9.72. The van der Waals surface area contributed by atoms with Crippen LogP contribution in [0.3, 0.4) is 0 Å². The predicted molar refractivity (Wildman–Crippen MR) is 121 cm³/mol. The van der Waals surface area contributed by atoms with Crippen LogP contribution in [-0.4, -0.2) is 11.8 Å². The van der Waals surface area contributed by atoms with Crippen molar-refractivity contribution in [1.29, 1.82) is 5.26 Å². The molecule has 3 rings (SSSR count). The number of nitrogens with one attached hydrogen (secondary N) is 3. The molecular weight excluding hydrogens is 388 g/mol. The number of hydrogen-bond acceptors (Lipinski definition) is 4. The van der Waals surface area contributed by atoms with Crippen LogP contribution in [0.5, 0.6) is 0 Å². The lowest BCUT2D eigenvalue weighted by atomic mass is 9.98. The maximum atomic E-state index is 12.8. The normalized spacial score (nSPS) is 10.8. The van der Waals surface area contributed by atoms with Gasteiger partial charge in [0.2, 0.25) is 5.91 Å². The van der Waals surface area contributed by atoms with E-state index >= 15 is 0 Å². The van der Waals surface area contributed by atoms with Crippen LogP contribution in [0.25, 0.3) is 0 Å². The molecule has 0 fully saturated rings. The van der Waals surface area contributed by atoms with E-state index in [1.807, 2.05) is 66.7 Å². The molecule has 2 amide bonds. The molecule has 0 saturated carbocycles. The van der Waals surface area contributed by atoms with Crippen LogP contribution < -0.4 is 16.0 Å². The molecular formula is C25H22N4O2. The molecule has 0 saturated heterocycles. The molecule has 6 heteroatoms. The Morgan fingerprint density at radius 2 is 1.35 bits per heavy atom. The summed E-state index contributed by atoms with van der Waals surface area (Å²) in [6.07, 6.45) is 1.37. The lowest BCUT2D eigenvalue weighted by molar-refractivity contribution is -0.117. The fraction of sp³-hybridized carbons (Fsp3) is 0.0800. The molecule has 0 atom stereocenters. The quantitative estimate of drug-likeness (QED) is 0.398. The summed E-state index contributed by atoms with van der Waals surface area (Å²) in [5.41, 5.74) is 3.12. The summed E-state index contributed by atoms with van der Waals surface area (Å²) in [4.78, 5) is 23.9. The lowest BCUT2D eigenvalue weighted by Gasteiger charge is -2.19. The molecule has 154 valence electrons. The second kappa shape index (κ2) is 10.4. The van der Waals surface area contributed by atoms with Gasteiger partial charge in [0.15, 0.2) is 0 Å². The van der Waals surface area contributed by atoms with Crippen molar-refractivity contribution in [2.24, 2.45) is 0 Å². The van der Waals surface area contributed by atoms with Gasteiger partial charge in [0.05, 0.1) is 6.04 Å². The van der Waals surface area contributed by atoms with E-state index in [4.69, 9.17) is 0 Å². The maximum absolute atomic E-state index is 12.8. The smallest absolute Gasteiger partial charge is 0.264 e. The van der Waals surface area contributed by atoms with Gasteiger partial charge in [0.25, 0.3) is 5.91 Å². The van der Waals surface area contributed by atoms with Gasteiger partial charge in [-0.3, -0.25) is 9.59 Å². The van der Waals surface area contributed by atoms with Crippen molar-refractivity contribution in [3.8, 4) is 6.07 Å². The summed E-state index contributed by atoms with van der Waals surface area (Å²) in [5, 5.41) is 18.1. The van der Waals surface area contributed by atoms with Gasteiger partial charge in [-0.15, -0.1) is 0 Å². The standard InChI is InChI=1S/C25H22N4O2/c1-18(30)28-23-14-12-22(13-15-23)27-17-21(16-26)25(31)29-24(19-8-4-2-5-9-19)20-10-6-3-7-11-20/h2-15,17,24,27H,1H3,(H,28,30)(H,29,31)/b21-17-. The Bertz CT molecular complexity index is 1060. The SMILES string of the molecule is CC(=O)Nc1ccc(N/C=C(/C#N)C(=O)NC(c2ccccc2)c2ccccc2)cc1. The van der Waals surface area contributed by atoms with E-state index in [-0.39, 0.29) is 17.5 Å². The molecule has 0 unspecified atom stereocenters. The summed E-state index contributed by atoms with van der Waals surface area (Å²) >= 11 is 0. The van der Waals surface area contributed by atoms with Crippen molar-refractivity contribution in [2.75, 3.05) is 10.6 Å². The van der Waals surface area contributed by atoms with Crippen molar-refractivity contribution < 1.29 is 9.59 Å². The molecule has 3 N–H and O–H groups in total. The zero-order chi connectivity index (χ0) is 22.1. The highest BCUT2D eigenvalue weighted by molar-refractivity contribution is 5.98. The van der Waals surface area contributed by atoms with Crippen molar-refractivity contribution in [1.82, 2.24) is 5.32 Å². The number of benzene rings is 3. The number of hydrogen-bond donors (Lipinski definition) is 3. The Morgan fingerprint density at radius 3 is 1.84 bits per heavy atom. The number of rotatable bonds is 7. The Kier molecular flexibility index (Phi) is 7.17. The minimum absolute atomic E-state index is 0.0530. The van der Waals surface area contributed by atoms with E-state index in [1.165, 1.54) is 13.1 Å². The van der Waals surface area contributed by atoms with Crippen LogP contribution in [0, 0.1) is 11.3 Å². The molecule has 0 aliphatic heterocycles. The molecule has 3 aromatic rings. The first kappa shape index (κ1) is 21.3. The average Bonchev–Trinajstić information content (AvgIpc) is 2.79. The van der Waals surface area contributed by atoms with Crippen molar-refractivity contribution in [2.45, 2.75) is 13.0 Å². The minimum Gasteiger partial charge on any atom is -0.360 e. The highest BCUT2D eigenvalue weighted by Gasteiger charge is 2.19. The second-order valence-electron chi connectivity index (χ2n) is 6.80. The van der Waals surface area contributed by atoms with Crippen LogP contribution in [-0.2, 0) is 9.59 Å². The van der Waals surface area contributed by atoms with Gasteiger partial charge >= 0.3 is 0 Å². The Morgan fingerprint density at radius 1 is 0.839 bits per heavy atom. The van der Waals surface area contributed by atoms with E-state index in [9.17, 15) is 14.9 Å². The fourth-order valence-electron chi connectivity index (χ4n) is 3.02. The number of nitriles is 1. The maximum Gasteiger partial charge on any atom is 0.264 e. The van der Waals surface area contributed by atoms with Gasteiger partial charge in [0.1, 0.15) is 11.6 Å². The van der Waals surface area contributed by atoms with Crippen LogP contribution in [0.15, 0.2) is 96.7 Å². The number of carbonyl (C=O) groups excluding carboxylic acids is 2. The molecule has 31 heavy (non-hydrogen) atoms. The Balaban J connectivity index is 1.75. The number of nitrogens with zero attached hydrogens (tertiary/aromatic N) is 1. The van der Waals surface area contributed by atoms with E-state index in [2.05, 4.69) is 16.0 Å². The van der Waals surface area contributed by atoms with E-state index in [0.717, 1.165) is 11.1 Å². The third-order valence-corrected chi connectivity index (χ3v) is 4.49. The number of carbonyl (C=O) groups is 2. The zero-order valence-electron chi connectivity index (χ0n) is 17.0. The molecule has 0 aliphatic rings. The van der Waals surface area contributed by atoms with Gasteiger partial charge in [-0.1, -0.05) is 60.7 Å². The zero-order valence-corrected chi connectivity index (χ0v) is 17.0. The highest BCUT2D eigenvalue weighted by Crippen LogP contribution is 2.22. The number of amides is 2. The second-order valence-corrected chi connectivity index (χ2v) is 6.80. The predicted octanol–water partition coefficient (Wildman–Crippen LogP) is 4.37. The van der Waals surface area contributed by atoms with Gasteiger partial charge < -0.3 is 16.0 Å². The summed E-state index contributed by atoms with van der Waals surface area (Å²) in [5.74, 6) is -0.641. The van der Waals surface area contributed by atoms with Gasteiger partial charge in [-0.2, -0.15) is 5.26 Å². The van der Waals surface area contributed by atoms with Gasteiger partial charge in [0, 0.05) is 24.5 Å². The van der Waals surface area contributed by atoms with Crippen molar-refractivity contribution in [3.63, 3.8) is 0 Å².